The molecule has 1 aromatic rings. The minimum atomic E-state index is 1.15. The molecule has 0 aliphatic rings. The van der Waals surface area contributed by atoms with E-state index in [9.17, 15) is 0 Å². The zero-order valence-corrected chi connectivity index (χ0v) is 15.2. The first-order valence-corrected chi connectivity index (χ1v) is 9.94. The number of benzene rings is 1. The summed E-state index contributed by atoms with van der Waals surface area (Å²) < 4.78 is 0. The van der Waals surface area contributed by atoms with E-state index in [4.69, 9.17) is 0 Å². The van der Waals surface area contributed by atoms with Crippen LogP contribution in [-0.4, -0.2) is 0 Å². The average Bonchev–Trinajstić information content (AvgIpc) is 2.56. The van der Waals surface area contributed by atoms with Gasteiger partial charge in [-0.2, -0.15) is 0 Å². The molecule has 0 radical (unpaired) electrons. The Morgan fingerprint density at radius 3 is 1.36 bits per heavy atom. The topological polar surface area (TPSA) is 0 Å². The van der Waals surface area contributed by atoms with Crippen LogP contribution in [0.5, 0.6) is 0 Å². The maximum absolute atomic E-state index is 2.32. The van der Waals surface area contributed by atoms with Crippen LogP contribution >= 0.6 is 0 Å². The van der Waals surface area contributed by atoms with Gasteiger partial charge in [-0.15, -0.1) is 0 Å². The Morgan fingerprint density at radius 1 is 0.500 bits per heavy atom. The van der Waals surface area contributed by atoms with Crippen molar-refractivity contribution in [2.24, 2.45) is 0 Å². The molecule has 0 saturated heterocycles. The number of hydrogen-bond donors (Lipinski definition) is 0. The molecule has 0 spiro atoms. The molecule has 0 unspecified atom stereocenters. The quantitative estimate of drug-likeness (QED) is 0.312. The molecule has 0 aliphatic carbocycles. The zero-order chi connectivity index (χ0) is 15.9. The predicted octanol–water partition coefficient (Wildman–Crippen LogP) is 7.49. The van der Waals surface area contributed by atoms with Crippen LogP contribution < -0.4 is 0 Å². The number of aryl methyl sites for hydroxylation is 2. The summed E-state index contributed by atoms with van der Waals surface area (Å²) in [6.45, 7) is 4.51. The average molecular weight is 303 g/mol. The van der Waals surface area contributed by atoms with Crippen molar-refractivity contribution in [2.75, 3.05) is 0 Å². The molecule has 0 heterocycles. The van der Waals surface area contributed by atoms with Gasteiger partial charge in [-0.05, 0) is 30.4 Å². The van der Waals surface area contributed by atoms with Crippen LogP contribution in [0.2, 0.25) is 0 Å². The maximum Gasteiger partial charge on any atom is -0.0279 e. The first kappa shape index (κ1) is 19.3. The molecule has 0 nitrogen and oxygen atoms in total. The van der Waals surface area contributed by atoms with Crippen molar-refractivity contribution in [1.82, 2.24) is 0 Å². The highest BCUT2D eigenvalue weighted by Crippen LogP contribution is 2.13. The Labute approximate surface area is 139 Å². The van der Waals surface area contributed by atoms with Crippen LogP contribution in [-0.2, 0) is 12.8 Å². The van der Waals surface area contributed by atoms with E-state index in [0.29, 0.717) is 0 Å². The van der Waals surface area contributed by atoms with E-state index in [2.05, 4.69) is 38.1 Å². The van der Waals surface area contributed by atoms with Crippen LogP contribution in [0.15, 0.2) is 24.3 Å². The third kappa shape index (κ3) is 10.0. The van der Waals surface area contributed by atoms with Gasteiger partial charge in [-0.3, -0.25) is 0 Å². The standard InChI is InChI=1S/C22H38/c1-3-5-6-7-8-9-10-11-12-13-14-15-16-22-19-17-21(4-2)18-20-22/h17-20H,3-16H2,1-2H3. The minimum absolute atomic E-state index is 1.15. The van der Waals surface area contributed by atoms with E-state index in [-0.39, 0.29) is 0 Å². The first-order chi connectivity index (χ1) is 10.9. The molecule has 0 fully saturated rings. The lowest BCUT2D eigenvalue weighted by Gasteiger charge is -2.04. The van der Waals surface area contributed by atoms with E-state index in [1.807, 2.05) is 0 Å². The van der Waals surface area contributed by atoms with E-state index in [1.165, 1.54) is 94.6 Å². The van der Waals surface area contributed by atoms with Gasteiger partial charge in [-0.25, -0.2) is 0 Å². The van der Waals surface area contributed by atoms with Crippen LogP contribution in [0.1, 0.15) is 102 Å². The molecule has 0 atom stereocenters. The molecule has 126 valence electrons. The van der Waals surface area contributed by atoms with Crippen molar-refractivity contribution < 1.29 is 0 Å². The van der Waals surface area contributed by atoms with Crippen molar-refractivity contribution in [3.05, 3.63) is 35.4 Å². The van der Waals surface area contributed by atoms with Crippen LogP contribution in [0.3, 0.4) is 0 Å². The Balaban J connectivity index is 1.85. The normalized spacial score (nSPS) is 11.0. The van der Waals surface area contributed by atoms with E-state index >= 15 is 0 Å². The SMILES string of the molecule is CCCCCCCCCCCCCCc1ccc(CC)cc1. The zero-order valence-electron chi connectivity index (χ0n) is 15.2. The fraction of sp³-hybridized carbons (Fsp3) is 0.727. The molecule has 0 amide bonds. The van der Waals surface area contributed by atoms with Gasteiger partial charge in [-0.1, -0.05) is 109 Å². The molecule has 0 aromatic heterocycles. The molecular formula is C22H38. The Hall–Kier alpha value is -0.780. The van der Waals surface area contributed by atoms with Crippen molar-refractivity contribution in [2.45, 2.75) is 104 Å². The first-order valence-electron chi connectivity index (χ1n) is 9.94. The predicted molar refractivity (Wildman–Crippen MR) is 101 cm³/mol. The highest BCUT2D eigenvalue weighted by Gasteiger charge is 1.96. The summed E-state index contributed by atoms with van der Waals surface area (Å²) in [6, 6.07) is 9.21. The summed E-state index contributed by atoms with van der Waals surface area (Å²) >= 11 is 0. The van der Waals surface area contributed by atoms with E-state index < -0.39 is 0 Å². The van der Waals surface area contributed by atoms with Crippen LogP contribution in [0.25, 0.3) is 0 Å². The highest BCUT2D eigenvalue weighted by molar-refractivity contribution is 5.22. The summed E-state index contributed by atoms with van der Waals surface area (Å²) in [5.74, 6) is 0. The molecular weight excluding hydrogens is 264 g/mol. The van der Waals surface area contributed by atoms with Crippen molar-refractivity contribution in [3.63, 3.8) is 0 Å². The summed E-state index contributed by atoms with van der Waals surface area (Å²) in [4.78, 5) is 0. The third-order valence-corrected chi connectivity index (χ3v) is 4.75. The molecule has 0 aliphatic heterocycles. The lowest BCUT2D eigenvalue weighted by atomic mass is 10.0. The molecule has 0 saturated carbocycles. The van der Waals surface area contributed by atoms with Gasteiger partial charge >= 0.3 is 0 Å². The van der Waals surface area contributed by atoms with Crippen molar-refractivity contribution >= 4 is 0 Å². The third-order valence-electron chi connectivity index (χ3n) is 4.75. The second kappa shape index (κ2) is 13.9. The summed E-state index contributed by atoms with van der Waals surface area (Å²) in [5, 5.41) is 0. The van der Waals surface area contributed by atoms with Crippen LogP contribution in [0, 0.1) is 0 Å². The largest absolute Gasteiger partial charge is 0.0654 e. The van der Waals surface area contributed by atoms with Gasteiger partial charge in [0.2, 0.25) is 0 Å². The molecule has 0 N–H and O–H groups in total. The van der Waals surface area contributed by atoms with Gasteiger partial charge < -0.3 is 0 Å². The van der Waals surface area contributed by atoms with Crippen LogP contribution in [0.4, 0.5) is 0 Å². The maximum atomic E-state index is 2.32. The van der Waals surface area contributed by atoms with Gasteiger partial charge in [0, 0.05) is 0 Å². The Morgan fingerprint density at radius 2 is 0.909 bits per heavy atom. The van der Waals surface area contributed by atoms with E-state index in [0.717, 1.165) is 6.42 Å². The number of hydrogen-bond acceptors (Lipinski definition) is 0. The minimum Gasteiger partial charge on any atom is -0.0654 e. The molecule has 1 aromatic carbocycles. The second-order valence-electron chi connectivity index (χ2n) is 6.81. The van der Waals surface area contributed by atoms with E-state index in [1.54, 1.807) is 0 Å². The lowest BCUT2D eigenvalue weighted by molar-refractivity contribution is 0.544. The van der Waals surface area contributed by atoms with Gasteiger partial charge in [0.15, 0.2) is 0 Å². The lowest BCUT2D eigenvalue weighted by Crippen LogP contribution is -1.88. The molecule has 22 heavy (non-hydrogen) atoms. The summed E-state index contributed by atoms with van der Waals surface area (Å²) in [6.07, 6.45) is 19.6. The molecule has 1 rings (SSSR count). The van der Waals surface area contributed by atoms with Gasteiger partial charge in [0.25, 0.3) is 0 Å². The van der Waals surface area contributed by atoms with Crippen molar-refractivity contribution in [3.8, 4) is 0 Å². The van der Waals surface area contributed by atoms with Crippen molar-refractivity contribution in [1.29, 1.82) is 0 Å². The number of rotatable bonds is 14. The monoisotopic (exact) mass is 302 g/mol. The fourth-order valence-electron chi connectivity index (χ4n) is 3.11. The summed E-state index contributed by atoms with van der Waals surface area (Å²) in [5.41, 5.74) is 2.97. The van der Waals surface area contributed by atoms with Gasteiger partial charge in [0.05, 0.1) is 0 Å². The second-order valence-corrected chi connectivity index (χ2v) is 6.81. The molecule has 0 bridgehead atoms. The Kier molecular flexibility index (Phi) is 12.1. The summed E-state index contributed by atoms with van der Waals surface area (Å²) in [7, 11) is 0. The van der Waals surface area contributed by atoms with Gasteiger partial charge in [0.1, 0.15) is 0 Å². The number of unbranched alkanes of at least 4 members (excludes halogenated alkanes) is 11. The highest BCUT2D eigenvalue weighted by atomic mass is 14.0. The molecule has 0 heteroatoms. The Bertz CT molecular complexity index is 336. The smallest absolute Gasteiger partial charge is 0.0279 e. The fourth-order valence-corrected chi connectivity index (χ4v) is 3.11.